The van der Waals surface area contributed by atoms with Gasteiger partial charge >= 0.3 is 0 Å². The van der Waals surface area contributed by atoms with E-state index < -0.39 is 4.92 Å². The molecule has 1 aliphatic rings. The second kappa shape index (κ2) is 7.77. The number of amides is 1. The molecule has 1 amide bonds. The van der Waals surface area contributed by atoms with Crippen molar-refractivity contribution >= 4 is 28.6 Å². The molecule has 0 bridgehead atoms. The Morgan fingerprint density at radius 1 is 1.00 bits per heavy atom. The molecular weight excluding hydrogens is 376 g/mol. The minimum atomic E-state index is -0.404. The maximum atomic E-state index is 12.8. The number of anilines is 1. The third-order valence-electron chi connectivity index (χ3n) is 4.73. The molecule has 1 aromatic heterocycles. The van der Waals surface area contributed by atoms with Gasteiger partial charge in [-0.1, -0.05) is 30.3 Å². The first-order valence-corrected chi connectivity index (χ1v) is 9.73. The smallest absolute Gasteiger partial charge is 0.269 e. The van der Waals surface area contributed by atoms with Crippen LogP contribution in [0.3, 0.4) is 0 Å². The molecule has 28 heavy (non-hydrogen) atoms. The van der Waals surface area contributed by atoms with Crippen molar-refractivity contribution in [2.24, 2.45) is 0 Å². The summed E-state index contributed by atoms with van der Waals surface area (Å²) in [6.07, 6.45) is 1.65. The summed E-state index contributed by atoms with van der Waals surface area (Å²) in [5.74, 6) is 0.00281. The number of hydrogen-bond acceptors (Lipinski definition) is 6. The Hall–Kier alpha value is -3.26. The van der Waals surface area contributed by atoms with Gasteiger partial charge in [0, 0.05) is 49.6 Å². The van der Waals surface area contributed by atoms with Gasteiger partial charge in [-0.15, -0.1) is 11.3 Å². The normalized spacial score (nSPS) is 14.1. The van der Waals surface area contributed by atoms with Crippen LogP contribution in [0.1, 0.15) is 9.67 Å². The number of rotatable bonds is 4. The van der Waals surface area contributed by atoms with Crippen molar-refractivity contribution in [2.75, 3.05) is 31.1 Å². The van der Waals surface area contributed by atoms with Crippen LogP contribution >= 0.6 is 11.3 Å². The monoisotopic (exact) mass is 394 g/mol. The summed E-state index contributed by atoms with van der Waals surface area (Å²) in [6.45, 7) is 2.59. The van der Waals surface area contributed by atoms with E-state index in [-0.39, 0.29) is 11.6 Å². The minimum absolute atomic E-state index is 0.00281. The Labute approximate surface area is 166 Å². The second-order valence-electron chi connectivity index (χ2n) is 6.45. The van der Waals surface area contributed by atoms with Crippen molar-refractivity contribution in [1.29, 1.82) is 0 Å². The van der Waals surface area contributed by atoms with Gasteiger partial charge in [0.25, 0.3) is 11.6 Å². The van der Waals surface area contributed by atoms with Gasteiger partial charge in [-0.25, -0.2) is 4.98 Å². The molecule has 142 valence electrons. The molecule has 1 saturated heterocycles. The largest absolute Gasteiger partial charge is 0.368 e. The summed E-state index contributed by atoms with van der Waals surface area (Å²) >= 11 is 1.41. The van der Waals surface area contributed by atoms with E-state index in [1.807, 2.05) is 35.2 Å². The summed E-state index contributed by atoms with van der Waals surface area (Å²) in [7, 11) is 0. The lowest BCUT2D eigenvalue weighted by Crippen LogP contribution is -2.48. The van der Waals surface area contributed by atoms with Gasteiger partial charge in [0.15, 0.2) is 0 Å². The number of piperazine rings is 1. The Morgan fingerprint density at radius 2 is 1.68 bits per heavy atom. The zero-order chi connectivity index (χ0) is 19.5. The van der Waals surface area contributed by atoms with E-state index in [1.165, 1.54) is 23.5 Å². The average molecular weight is 394 g/mol. The van der Waals surface area contributed by atoms with Gasteiger partial charge in [-0.3, -0.25) is 14.9 Å². The molecule has 8 heteroatoms. The topological polar surface area (TPSA) is 79.6 Å². The zero-order valence-electron chi connectivity index (χ0n) is 15.0. The number of nitrogens with zero attached hydrogens (tertiary/aromatic N) is 4. The molecule has 2 aromatic carbocycles. The molecule has 2 heterocycles. The molecule has 0 radical (unpaired) electrons. The highest BCUT2D eigenvalue weighted by atomic mass is 32.1. The van der Waals surface area contributed by atoms with Gasteiger partial charge in [0.2, 0.25) is 0 Å². The number of carbonyl (C=O) groups is 1. The van der Waals surface area contributed by atoms with Gasteiger partial charge in [0.05, 0.1) is 11.1 Å². The molecular formula is C20H18N4O3S. The standard InChI is InChI=1S/C20H18N4O3S/c25-20(18-14-21-19(28-18)15-4-2-1-3-5-15)23-12-10-22(11-13-23)16-6-8-17(9-7-16)24(26)27/h1-9,14H,10-13H2. The highest BCUT2D eigenvalue weighted by Gasteiger charge is 2.24. The van der Waals surface area contributed by atoms with Crippen LogP contribution in [0.4, 0.5) is 11.4 Å². The molecule has 0 unspecified atom stereocenters. The first-order valence-electron chi connectivity index (χ1n) is 8.92. The quantitative estimate of drug-likeness (QED) is 0.498. The van der Waals surface area contributed by atoms with E-state index >= 15 is 0 Å². The van der Waals surface area contributed by atoms with E-state index in [0.29, 0.717) is 31.1 Å². The number of non-ortho nitro benzene ring substituents is 1. The third-order valence-corrected chi connectivity index (χ3v) is 5.76. The lowest BCUT2D eigenvalue weighted by atomic mass is 10.2. The fourth-order valence-corrected chi connectivity index (χ4v) is 4.09. The Bertz CT molecular complexity index is 980. The molecule has 0 spiro atoms. The van der Waals surface area contributed by atoms with Crippen LogP contribution < -0.4 is 4.90 Å². The van der Waals surface area contributed by atoms with Crippen LogP contribution in [0.2, 0.25) is 0 Å². The number of carbonyl (C=O) groups excluding carboxylic acids is 1. The summed E-state index contributed by atoms with van der Waals surface area (Å²) in [5.41, 5.74) is 2.02. The van der Waals surface area contributed by atoms with E-state index in [1.54, 1.807) is 18.3 Å². The van der Waals surface area contributed by atoms with Crippen LogP contribution in [-0.2, 0) is 0 Å². The third kappa shape index (κ3) is 3.72. The van der Waals surface area contributed by atoms with Gasteiger partial charge in [-0.05, 0) is 12.1 Å². The average Bonchev–Trinajstić information content (AvgIpc) is 3.24. The first kappa shape index (κ1) is 18.1. The predicted octanol–water partition coefficient (Wildman–Crippen LogP) is 3.68. The Kier molecular flexibility index (Phi) is 5.03. The van der Waals surface area contributed by atoms with Gasteiger partial charge in [-0.2, -0.15) is 0 Å². The number of nitro groups is 1. The predicted molar refractivity (Wildman–Crippen MR) is 109 cm³/mol. The van der Waals surface area contributed by atoms with Crippen molar-refractivity contribution < 1.29 is 9.72 Å². The molecule has 0 atom stereocenters. The summed E-state index contributed by atoms with van der Waals surface area (Å²) < 4.78 is 0. The molecule has 1 aliphatic heterocycles. The van der Waals surface area contributed by atoms with E-state index in [2.05, 4.69) is 9.88 Å². The summed E-state index contributed by atoms with van der Waals surface area (Å²) in [6, 6.07) is 16.4. The van der Waals surface area contributed by atoms with E-state index in [9.17, 15) is 14.9 Å². The van der Waals surface area contributed by atoms with Gasteiger partial charge in [0.1, 0.15) is 9.88 Å². The fourth-order valence-electron chi connectivity index (χ4n) is 3.20. The number of aromatic nitrogens is 1. The van der Waals surface area contributed by atoms with Crippen LogP contribution in [0, 0.1) is 10.1 Å². The molecule has 4 rings (SSSR count). The molecule has 3 aromatic rings. The molecule has 7 nitrogen and oxygen atoms in total. The lowest BCUT2D eigenvalue weighted by Gasteiger charge is -2.35. The zero-order valence-corrected chi connectivity index (χ0v) is 15.8. The van der Waals surface area contributed by atoms with Crippen LogP contribution in [0.25, 0.3) is 10.6 Å². The molecule has 0 aliphatic carbocycles. The fraction of sp³-hybridized carbons (Fsp3) is 0.200. The first-order chi connectivity index (χ1) is 13.6. The van der Waals surface area contributed by atoms with Crippen LogP contribution in [0.5, 0.6) is 0 Å². The summed E-state index contributed by atoms with van der Waals surface area (Å²) in [4.78, 5) is 32.2. The van der Waals surface area contributed by atoms with Crippen molar-refractivity contribution in [3.63, 3.8) is 0 Å². The van der Waals surface area contributed by atoms with Crippen molar-refractivity contribution in [2.45, 2.75) is 0 Å². The van der Waals surface area contributed by atoms with Crippen LogP contribution in [-0.4, -0.2) is 46.9 Å². The number of nitro benzene ring substituents is 1. The van der Waals surface area contributed by atoms with Gasteiger partial charge < -0.3 is 9.80 Å². The summed E-state index contributed by atoms with van der Waals surface area (Å²) in [5, 5.41) is 11.6. The number of hydrogen-bond donors (Lipinski definition) is 0. The molecule has 0 saturated carbocycles. The van der Waals surface area contributed by atoms with Crippen molar-refractivity contribution in [1.82, 2.24) is 9.88 Å². The number of thiazole rings is 1. The van der Waals surface area contributed by atoms with Crippen LogP contribution in [0.15, 0.2) is 60.8 Å². The van der Waals surface area contributed by atoms with E-state index in [4.69, 9.17) is 0 Å². The minimum Gasteiger partial charge on any atom is -0.368 e. The highest BCUT2D eigenvalue weighted by Crippen LogP contribution is 2.26. The Balaban J connectivity index is 1.39. The maximum Gasteiger partial charge on any atom is 0.269 e. The van der Waals surface area contributed by atoms with E-state index in [0.717, 1.165) is 16.3 Å². The Morgan fingerprint density at radius 3 is 2.32 bits per heavy atom. The number of benzene rings is 2. The molecule has 1 fully saturated rings. The maximum absolute atomic E-state index is 12.8. The lowest BCUT2D eigenvalue weighted by molar-refractivity contribution is -0.384. The second-order valence-corrected chi connectivity index (χ2v) is 7.48. The highest BCUT2D eigenvalue weighted by molar-refractivity contribution is 7.16. The molecule has 0 N–H and O–H groups in total. The van der Waals surface area contributed by atoms with Crippen molar-refractivity contribution in [3.05, 3.63) is 75.8 Å². The SMILES string of the molecule is O=C(c1cnc(-c2ccccc2)s1)N1CCN(c2ccc([N+](=O)[O-])cc2)CC1. The van der Waals surface area contributed by atoms with Crippen molar-refractivity contribution in [3.8, 4) is 10.6 Å².